The highest BCUT2D eigenvalue weighted by Crippen LogP contribution is 2.32. The number of hydrogen-bond acceptors (Lipinski definition) is 10. The lowest BCUT2D eigenvalue weighted by Gasteiger charge is -2.23. The Morgan fingerprint density at radius 1 is 1.13 bits per heavy atom. The molecule has 1 aromatic heterocycles. The summed E-state index contributed by atoms with van der Waals surface area (Å²) in [6.45, 7) is 3.46. The van der Waals surface area contributed by atoms with E-state index in [1.165, 1.54) is 30.7 Å². The molecular formula is C26H37N5O7S. The van der Waals surface area contributed by atoms with Crippen LogP contribution in [0.2, 0.25) is 0 Å². The van der Waals surface area contributed by atoms with Gasteiger partial charge in [-0.15, -0.1) is 0 Å². The minimum Gasteiger partial charge on any atom is -0.469 e. The molecule has 214 valence electrons. The van der Waals surface area contributed by atoms with E-state index >= 15 is 0 Å². The van der Waals surface area contributed by atoms with Gasteiger partial charge >= 0.3 is 12.0 Å². The zero-order chi connectivity index (χ0) is 28.4. The Bertz CT molecular complexity index is 1260. The van der Waals surface area contributed by atoms with E-state index in [4.69, 9.17) is 15.2 Å². The van der Waals surface area contributed by atoms with Gasteiger partial charge in [-0.3, -0.25) is 14.5 Å². The fraction of sp³-hybridized carbons (Fsp3) is 0.538. The van der Waals surface area contributed by atoms with Gasteiger partial charge in [0, 0.05) is 32.3 Å². The second-order valence-electron chi connectivity index (χ2n) is 9.12. The van der Waals surface area contributed by atoms with Gasteiger partial charge in [-0.2, -0.15) is 14.3 Å². The standard InChI is InChI=1S/C26H37N5O7S/c1-4-5-14-38-26-28-24(27)21-18-22(32)31(25(21)29-26)12-7-6-11-30(13-15-36-2)39(34,35)20-10-8-9-19(16-20)17-23(33)37-3/h8-10,16H,4-7,11-15,17-18H2,1-3H3,(H2,27,28,29). The van der Waals surface area contributed by atoms with Gasteiger partial charge in [-0.05, 0) is 37.0 Å². The second-order valence-corrected chi connectivity index (χ2v) is 11.1. The monoisotopic (exact) mass is 563 g/mol. The van der Waals surface area contributed by atoms with E-state index in [0.29, 0.717) is 42.9 Å². The first-order chi connectivity index (χ1) is 18.7. The maximum Gasteiger partial charge on any atom is 0.320 e. The second kappa shape index (κ2) is 14.2. The van der Waals surface area contributed by atoms with Crippen molar-refractivity contribution in [3.05, 3.63) is 35.4 Å². The van der Waals surface area contributed by atoms with Gasteiger partial charge in [0.1, 0.15) is 11.6 Å². The number of methoxy groups -OCH3 is 2. The van der Waals surface area contributed by atoms with Crippen molar-refractivity contribution >= 4 is 33.5 Å². The smallest absolute Gasteiger partial charge is 0.320 e. The SMILES string of the molecule is CCCCOc1nc(N)c2c(n1)N(CCCCN(CCOC)S(=O)(=O)c1cccc(CC(=O)OC)c1)C(=O)C2. The van der Waals surface area contributed by atoms with Gasteiger partial charge in [0.05, 0.1) is 38.1 Å². The number of benzene rings is 1. The fourth-order valence-corrected chi connectivity index (χ4v) is 5.67. The third-order valence-electron chi connectivity index (χ3n) is 6.31. The number of carbonyl (C=O) groups is 2. The van der Waals surface area contributed by atoms with Crippen LogP contribution in [0.4, 0.5) is 11.6 Å². The number of carbonyl (C=O) groups excluding carboxylic acids is 2. The predicted molar refractivity (Wildman–Crippen MR) is 145 cm³/mol. The number of fused-ring (bicyclic) bond motifs is 1. The number of nitrogens with zero attached hydrogens (tertiary/aromatic N) is 4. The molecular weight excluding hydrogens is 526 g/mol. The molecule has 0 aliphatic carbocycles. The topological polar surface area (TPSA) is 154 Å². The normalized spacial score (nSPS) is 13.1. The van der Waals surface area contributed by atoms with Crippen molar-refractivity contribution in [2.24, 2.45) is 0 Å². The van der Waals surface area contributed by atoms with Gasteiger partial charge in [0.15, 0.2) is 0 Å². The number of anilines is 2. The van der Waals surface area contributed by atoms with Crippen LogP contribution in [0.5, 0.6) is 6.01 Å². The number of amides is 1. The van der Waals surface area contributed by atoms with Crippen LogP contribution in [-0.4, -0.2) is 81.6 Å². The van der Waals surface area contributed by atoms with Crippen molar-refractivity contribution in [1.29, 1.82) is 0 Å². The van der Waals surface area contributed by atoms with Gasteiger partial charge in [-0.1, -0.05) is 25.5 Å². The summed E-state index contributed by atoms with van der Waals surface area (Å²) in [5.74, 6) is 0.0902. The highest BCUT2D eigenvalue weighted by molar-refractivity contribution is 7.89. The Labute approximate surface area is 229 Å². The molecule has 1 amide bonds. The van der Waals surface area contributed by atoms with Crippen molar-refractivity contribution in [1.82, 2.24) is 14.3 Å². The van der Waals surface area contributed by atoms with Crippen LogP contribution in [0.15, 0.2) is 29.2 Å². The van der Waals surface area contributed by atoms with E-state index in [2.05, 4.69) is 14.7 Å². The van der Waals surface area contributed by atoms with E-state index in [1.807, 2.05) is 6.92 Å². The summed E-state index contributed by atoms with van der Waals surface area (Å²) in [6.07, 6.45) is 2.92. The first-order valence-electron chi connectivity index (χ1n) is 13.0. The Hall–Kier alpha value is -3.29. The molecule has 0 atom stereocenters. The largest absolute Gasteiger partial charge is 0.469 e. The van der Waals surface area contributed by atoms with Crippen LogP contribution in [0.3, 0.4) is 0 Å². The molecule has 0 fully saturated rings. The molecule has 1 aromatic carbocycles. The van der Waals surface area contributed by atoms with Crippen LogP contribution in [-0.2, 0) is 41.9 Å². The molecule has 13 heteroatoms. The molecule has 12 nitrogen and oxygen atoms in total. The lowest BCUT2D eigenvalue weighted by atomic mass is 10.1. The predicted octanol–water partition coefficient (Wildman–Crippen LogP) is 1.96. The molecule has 3 rings (SSSR count). The highest BCUT2D eigenvalue weighted by atomic mass is 32.2. The maximum atomic E-state index is 13.4. The average molecular weight is 564 g/mol. The number of rotatable bonds is 16. The molecule has 0 saturated carbocycles. The molecule has 0 unspecified atom stereocenters. The lowest BCUT2D eigenvalue weighted by Crippen LogP contribution is -2.35. The zero-order valence-electron chi connectivity index (χ0n) is 22.7. The summed E-state index contributed by atoms with van der Waals surface area (Å²) >= 11 is 0. The number of hydrogen-bond donors (Lipinski definition) is 1. The van der Waals surface area contributed by atoms with Crippen LogP contribution >= 0.6 is 0 Å². The van der Waals surface area contributed by atoms with E-state index in [1.54, 1.807) is 17.0 Å². The number of nitrogen functional groups attached to an aromatic ring is 1. The van der Waals surface area contributed by atoms with Gasteiger partial charge < -0.3 is 19.9 Å². The lowest BCUT2D eigenvalue weighted by molar-refractivity contribution is -0.139. The molecule has 0 radical (unpaired) electrons. The first-order valence-corrected chi connectivity index (χ1v) is 14.4. The molecule has 1 aliphatic heterocycles. The molecule has 39 heavy (non-hydrogen) atoms. The minimum absolute atomic E-state index is 0.0251. The Kier molecular flexibility index (Phi) is 11.0. The number of nitrogens with two attached hydrogens (primary N) is 1. The number of aromatic nitrogens is 2. The highest BCUT2D eigenvalue weighted by Gasteiger charge is 2.32. The minimum atomic E-state index is -3.85. The molecule has 0 saturated heterocycles. The Morgan fingerprint density at radius 2 is 1.92 bits per heavy atom. The van der Waals surface area contributed by atoms with E-state index < -0.39 is 16.0 Å². The molecule has 2 heterocycles. The van der Waals surface area contributed by atoms with E-state index in [-0.39, 0.29) is 55.2 Å². The van der Waals surface area contributed by atoms with E-state index in [0.717, 1.165) is 12.8 Å². The van der Waals surface area contributed by atoms with Crippen molar-refractivity contribution in [3.63, 3.8) is 0 Å². The van der Waals surface area contributed by atoms with Crippen molar-refractivity contribution in [3.8, 4) is 6.01 Å². The molecule has 1 aliphatic rings. The van der Waals surface area contributed by atoms with Crippen molar-refractivity contribution in [2.45, 2.75) is 50.3 Å². The van der Waals surface area contributed by atoms with Crippen LogP contribution in [0.25, 0.3) is 0 Å². The number of ether oxygens (including phenoxy) is 3. The van der Waals surface area contributed by atoms with Crippen LogP contribution < -0.4 is 15.4 Å². The number of sulfonamides is 1. The fourth-order valence-electron chi connectivity index (χ4n) is 4.14. The van der Waals surface area contributed by atoms with Crippen molar-refractivity contribution in [2.75, 3.05) is 57.7 Å². The summed E-state index contributed by atoms with van der Waals surface area (Å²) in [7, 11) is -1.06. The summed E-state index contributed by atoms with van der Waals surface area (Å²) < 4.78 is 43.7. The van der Waals surface area contributed by atoms with Crippen LogP contribution in [0.1, 0.15) is 43.7 Å². The number of esters is 1. The third kappa shape index (κ3) is 7.87. The first kappa shape index (κ1) is 30.3. The maximum absolute atomic E-state index is 13.4. The Morgan fingerprint density at radius 3 is 2.64 bits per heavy atom. The average Bonchev–Trinajstić information content (AvgIpc) is 3.23. The molecule has 2 aromatic rings. The van der Waals surface area contributed by atoms with E-state index in [9.17, 15) is 18.0 Å². The van der Waals surface area contributed by atoms with Gasteiger partial charge in [0.2, 0.25) is 15.9 Å². The summed E-state index contributed by atoms with van der Waals surface area (Å²) in [5.41, 5.74) is 7.19. The summed E-state index contributed by atoms with van der Waals surface area (Å²) in [5, 5.41) is 0. The summed E-state index contributed by atoms with van der Waals surface area (Å²) in [6, 6.07) is 6.41. The van der Waals surface area contributed by atoms with Crippen molar-refractivity contribution < 1.29 is 32.2 Å². The molecule has 2 N–H and O–H groups in total. The Balaban J connectivity index is 1.67. The molecule has 0 spiro atoms. The van der Waals surface area contributed by atoms with Crippen LogP contribution in [0, 0.1) is 0 Å². The summed E-state index contributed by atoms with van der Waals surface area (Å²) in [4.78, 5) is 34.6. The quantitative estimate of drug-likeness (QED) is 0.237. The van der Waals surface area contributed by atoms with Gasteiger partial charge in [-0.25, -0.2) is 8.42 Å². The number of unbranched alkanes of at least 4 members (excludes halogenated alkanes) is 2. The molecule has 0 bridgehead atoms. The van der Waals surface area contributed by atoms with Gasteiger partial charge in [0.25, 0.3) is 0 Å². The third-order valence-corrected chi connectivity index (χ3v) is 8.20. The zero-order valence-corrected chi connectivity index (χ0v) is 23.5.